The second-order valence-electron chi connectivity index (χ2n) is 6.84. The van der Waals surface area contributed by atoms with Crippen molar-refractivity contribution < 1.29 is 9.53 Å². The number of amides is 1. The molecule has 152 valence electrons. The van der Waals surface area contributed by atoms with Crippen LogP contribution in [0.25, 0.3) is 0 Å². The third kappa shape index (κ3) is 4.27. The number of carbonyl (C=O) groups is 1. The van der Waals surface area contributed by atoms with E-state index < -0.39 is 0 Å². The number of aromatic nitrogens is 3. The van der Waals surface area contributed by atoms with Crippen molar-refractivity contribution in [2.24, 2.45) is 0 Å². The SMILES string of the molecule is CCCN(CCC)C(=O)[C@H]1Sc2nnc(C)n2N[C@H]1c1ccc(OCC)cc1. The number of fused-ring (bicyclic) bond motifs is 1. The fraction of sp³-hybridized carbons (Fsp3) is 0.550. The van der Waals surface area contributed by atoms with E-state index in [1.165, 1.54) is 11.8 Å². The predicted molar refractivity (Wildman–Crippen MR) is 111 cm³/mol. The Kier molecular flexibility index (Phi) is 6.83. The topological polar surface area (TPSA) is 72.3 Å². The van der Waals surface area contributed by atoms with Crippen LogP contribution in [0.2, 0.25) is 0 Å². The first-order valence-electron chi connectivity index (χ1n) is 9.95. The molecular formula is C20H29N5O2S. The summed E-state index contributed by atoms with van der Waals surface area (Å²) in [6, 6.07) is 7.79. The molecule has 0 spiro atoms. The smallest absolute Gasteiger partial charge is 0.238 e. The van der Waals surface area contributed by atoms with Gasteiger partial charge in [-0.25, -0.2) is 4.68 Å². The van der Waals surface area contributed by atoms with E-state index >= 15 is 0 Å². The molecule has 7 nitrogen and oxygen atoms in total. The van der Waals surface area contributed by atoms with Gasteiger partial charge in [-0.1, -0.05) is 37.7 Å². The molecule has 2 aromatic rings. The van der Waals surface area contributed by atoms with Crippen LogP contribution in [0.15, 0.2) is 29.4 Å². The highest BCUT2D eigenvalue weighted by atomic mass is 32.2. The standard InChI is InChI=1S/C20H29N5O2S/c1-5-12-24(13-6-2)19(26)18-17(15-8-10-16(11-9-15)27-7-3)23-25-14(4)21-22-20(25)28-18/h8-11,17-18,23H,5-7,12-13H2,1-4H3/t17-,18-/m0/s1. The summed E-state index contributed by atoms with van der Waals surface area (Å²) in [6.45, 7) is 10.2. The fourth-order valence-electron chi connectivity index (χ4n) is 3.39. The molecule has 0 saturated heterocycles. The van der Waals surface area contributed by atoms with E-state index in [2.05, 4.69) is 29.5 Å². The summed E-state index contributed by atoms with van der Waals surface area (Å²) in [7, 11) is 0. The molecule has 0 aliphatic carbocycles. The first kappa shape index (κ1) is 20.5. The zero-order valence-electron chi connectivity index (χ0n) is 17.0. The average Bonchev–Trinajstić information content (AvgIpc) is 3.07. The van der Waals surface area contributed by atoms with Gasteiger partial charge < -0.3 is 15.1 Å². The van der Waals surface area contributed by atoms with Crippen LogP contribution in [0.5, 0.6) is 5.75 Å². The molecule has 0 unspecified atom stereocenters. The molecule has 0 fully saturated rings. The minimum absolute atomic E-state index is 0.145. The number of nitrogens with one attached hydrogen (secondary N) is 1. The summed E-state index contributed by atoms with van der Waals surface area (Å²) >= 11 is 1.49. The number of carbonyl (C=O) groups excluding carboxylic acids is 1. The molecule has 1 aromatic heterocycles. The van der Waals surface area contributed by atoms with Crippen molar-refractivity contribution in [1.29, 1.82) is 0 Å². The predicted octanol–water partition coefficient (Wildman–Crippen LogP) is 3.39. The summed E-state index contributed by atoms with van der Waals surface area (Å²) < 4.78 is 7.44. The van der Waals surface area contributed by atoms with E-state index in [1.807, 2.05) is 47.7 Å². The highest BCUT2D eigenvalue weighted by Gasteiger charge is 2.39. The largest absolute Gasteiger partial charge is 0.494 e. The van der Waals surface area contributed by atoms with E-state index in [0.29, 0.717) is 6.61 Å². The number of ether oxygens (including phenoxy) is 1. The molecule has 1 amide bonds. The van der Waals surface area contributed by atoms with Gasteiger partial charge in [-0.15, -0.1) is 10.2 Å². The summed E-state index contributed by atoms with van der Waals surface area (Å²) in [4.78, 5) is 15.4. The van der Waals surface area contributed by atoms with E-state index in [0.717, 1.165) is 48.2 Å². The van der Waals surface area contributed by atoms with Crippen LogP contribution in [-0.4, -0.2) is 50.6 Å². The molecule has 0 radical (unpaired) electrons. The molecule has 8 heteroatoms. The maximum absolute atomic E-state index is 13.4. The van der Waals surface area contributed by atoms with Gasteiger partial charge in [0, 0.05) is 13.1 Å². The van der Waals surface area contributed by atoms with Crippen molar-refractivity contribution in [2.45, 2.75) is 57.0 Å². The second kappa shape index (κ2) is 9.32. The molecule has 28 heavy (non-hydrogen) atoms. The van der Waals surface area contributed by atoms with Gasteiger partial charge in [-0.3, -0.25) is 4.79 Å². The van der Waals surface area contributed by atoms with E-state index in [9.17, 15) is 4.79 Å². The molecule has 0 saturated carbocycles. The third-order valence-electron chi connectivity index (χ3n) is 4.69. The van der Waals surface area contributed by atoms with Gasteiger partial charge in [0.2, 0.25) is 11.1 Å². The van der Waals surface area contributed by atoms with Gasteiger partial charge in [-0.05, 0) is 44.4 Å². The minimum Gasteiger partial charge on any atom is -0.494 e. The zero-order chi connectivity index (χ0) is 20.1. The number of hydrogen-bond acceptors (Lipinski definition) is 6. The Bertz CT molecular complexity index is 786. The number of hydrogen-bond donors (Lipinski definition) is 1. The third-order valence-corrected chi connectivity index (χ3v) is 5.89. The Morgan fingerprint density at radius 3 is 2.46 bits per heavy atom. The Morgan fingerprint density at radius 2 is 1.86 bits per heavy atom. The Balaban J connectivity index is 1.93. The van der Waals surface area contributed by atoms with Crippen LogP contribution in [0.1, 0.15) is 51.0 Å². The molecule has 2 atom stereocenters. The summed E-state index contributed by atoms with van der Waals surface area (Å²) in [6.07, 6.45) is 1.89. The molecule has 1 aliphatic rings. The van der Waals surface area contributed by atoms with Crippen molar-refractivity contribution >= 4 is 17.7 Å². The van der Waals surface area contributed by atoms with Gasteiger partial charge in [0.25, 0.3) is 0 Å². The summed E-state index contributed by atoms with van der Waals surface area (Å²) in [5.41, 5.74) is 4.51. The summed E-state index contributed by atoms with van der Waals surface area (Å²) in [5, 5.41) is 8.82. The van der Waals surface area contributed by atoms with Gasteiger partial charge >= 0.3 is 0 Å². The zero-order valence-corrected chi connectivity index (χ0v) is 17.8. The molecule has 2 heterocycles. The van der Waals surface area contributed by atoms with Gasteiger partial charge in [0.15, 0.2) is 0 Å². The fourth-order valence-corrected chi connectivity index (χ4v) is 4.60. The Morgan fingerprint density at radius 1 is 1.18 bits per heavy atom. The molecular weight excluding hydrogens is 374 g/mol. The first-order valence-corrected chi connectivity index (χ1v) is 10.8. The lowest BCUT2D eigenvalue weighted by Gasteiger charge is -2.35. The lowest BCUT2D eigenvalue weighted by molar-refractivity contribution is -0.131. The number of aryl methyl sites for hydroxylation is 1. The van der Waals surface area contributed by atoms with Gasteiger partial charge in [-0.2, -0.15) is 0 Å². The molecule has 1 N–H and O–H groups in total. The van der Waals surface area contributed by atoms with Crippen molar-refractivity contribution in [2.75, 3.05) is 25.1 Å². The van der Waals surface area contributed by atoms with Crippen LogP contribution < -0.4 is 10.2 Å². The maximum Gasteiger partial charge on any atom is 0.238 e. The van der Waals surface area contributed by atoms with Crippen LogP contribution in [0.3, 0.4) is 0 Å². The lowest BCUT2D eigenvalue weighted by Crippen LogP contribution is -2.46. The maximum atomic E-state index is 13.4. The summed E-state index contributed by atoms with van der Waals surface area (Å²) in [5.74, 6) is 1.76. The van der Waals surface area contributed by atoms with Crippen molar-refractivity contribution in [3.63, 3.8) is 0 Å². The van der Waals surface area contributed by atoms with Crippen molar-refractivity contribution in [3.05, 3.63) is 35.7 Å². The lowest BCUT2D eigenvalue weighted by atomic mass is 10.0. The number of rotatable bonds is 8. The first-order chi connectivity index (χ1) is 13.6. The quantitative estimate of drug-likeness (QED) is 0.728. The Labute approximate surface area is 170 Å². The highest BCUT2D eigenvalue weighted by molar-refractivity contribution is 8.00. The monoisotopic (exact) mass is 403 g/mol. The van der Waals surface area contributed by atoms with Gasteiger partial charge in [0.05, 0.1) is 12.6 Å². The van der Waals surface area contributed by atoms with Crippen molar-refractivity contribution in [1.82, 2.24) is 19.8 Å². The van der Waals surface area contributed by atoms with Crippen molar-refractivity contribution in [3.8, 4) is 5.75 Å². The van der Waals surface area contributed by atoms with Crippen LogP contribution in [0.4, 0.5) is 0 Å². The van der Waals surface area contributed by atoms with Crippen LogP contribution in [0, 0.1) is 6.92 Å². The van der Waals surface area contributed by atoms with E-state index in [-0.39, 0.29) is 17.2 Å². The van der Waals surface area contributed by atoms with E-state index in [4.69, 9.17) is 4.74 Å². The Hall–Kier alpha value is -2.22. The molecule has 0 bridgehead atoms. The average molecular weight is 404 g/mol. The van der Waals surface area contributed by atoms with Gasteiger partial charge in [0.1, 0.15) is 16.8 Å². The minimum atomic E-state index is -0.299. The highest BCUT2D eigenvalue weighted by Crippen LogP contribution is 2.38. The van der Waals surface area contributed by atoms with E-state index in [1.54, 1.807) is 0 Å². The van der Waals surface area contributed by atoms with Crippen LogP contribution >= 0.6 is 11.8 Å². The molecule has 1 aromatic carbocycles. The second-order valence-corrected chi connectivity index (χ2v) is 7.95. The number of thioether (sulfide) groups is 1. The number of nitrogens with zero attached hydrogens (tertiary/aromatic N) is 4. The van der Waals surface area contributed by atoms with Crippen LogP contribution in [-0.2, 0) is 4.79 Å². The molecule has 1 aliphatic heterocycles. The number of benzene rings is 1. The molecule has 3 rings (SSSR count). The normalized spacial score (nSPS) is 18.3.